The van der Waals surface area contributed by atoms with E-state index in [4.69, 9.17) is 0 Å². The van der Waals surface area contributed by atoms with Gasteiger partial charge in [-0.3, -0.25) is 9.59 Å². The van der Waals surface area contributed by atoms with Crippen molar-refractivity contribution in [3.05, 3.63) is 41.2 Å². The van der Waals surface area contributed by atoms with Crippen LogP contribution in [-0.2, 0) is 15.8 Å². The molecule has 4 rings (SSSR count). The van der Waals surface area contributed by atoms with Crippen LogP contribution in [0.3, 0.4) is 0 Å². The first-order chi connectivity index (χ1) is 18.6. The molecule has 1 aliphatic carbocycles. The molecule has 0 radical (unpaired) electrons. The van der Waals surface area contributed by atoms with Crippen LogP contribution in [0.4, 0.5) is 13.2 Å². The third-order valence-corrected chi connectivity index (χ3v) is 8.32. The molecule has 1 aromatic carbocycles. The molecule has 39 heavy (non-hydrogen) atoms. The monoisotopic (exact) mass is 543 g/mol. The number of hydrogen-bond donors (Lipinski definition) is 2. The second kappa shape index (κ2) is 11.9. The van der Waals surface area contributed by atoms with Crippen LogP contribution >= 0.6 is 0 Å². The number of aromatic nitrogens is 2. The van der Waals surface area contributed by atoms with Crippen molar-refractivity contribution >= 4 is 11.7 Å². The van der Waals surface area contributed by atoms with Gasteiger partial charge in [-0.1, -0.05) is 31.9 Å². The number of halogens is 3. The Bertz CT molecular complexity index is 1210. The van der Waals surface area contributed by atoms with Crippen molar-refractivity contribution in [2.75, 3.05) is 20.1 Å². The number of piperidine rings is 1. The molecule has 7 nitrogen and oxygen atoms in total. The highest BCUT2D eigenvalue weighted by Crippen LogP contribution is 2.59. The number of ketones is 1. The summed E-state index contributed by atoms with van der Waals surface area (Å²) in [7, 11) is 2.09. The summed E-state index contributed by atoms with van der Waals surface area (Å²) in [6, 6.07) is 6.19. The number of carbonyl (C=O) groups excluding carboxylic acids is 2. The van der Waals surface area contributed by atoms with E-state index in [9.17, 15) is 28.0 Å². The number of H-pyrrole nitrogens is 1. The molecule has 1 saturated heterocycles. The Morgan fingerprint density at radius 2 is 1.90 bits per heavy atom. The lowest BCUT2D eigenvalue weighted by Gasteiger charge is -2.30. The van der Waals surface area contributed by atoms with Gasteiger partial charge >= 0.3 is 6.18 Å². The average Bonchev–Trinajstić information content (AvgIpc) is 3.45. The van der Waals surface area contributed by atoms with E-state index >= 15 is 0 Å². The number of rotatable bonds is 11. The van der Waals surface area contributed by atoms with Gasteiger partial charge in [0.15, 0.2) is 5.69 Å². The van der Waals surface area contributed by atoms with Gasteiger partial charge in [0.25, 0.3) is 0 Å². The Labute approximate surface area is 227 Å². The molecule has 2 fully saturated rings. The highest BCUT2D eigenvalue weighted by molar-refractivity contribution is 5.83. The minimum Gasteiger partial charge on any atom is -0.347 e. The Hall–Kier alpha value is -3.19. The summed E-state index contributed by atoms with van der Waals surface area (Å²) in [5.41, 5.74) is 0.280. The Morgan fingerprint density at radius 1 is 1.21 bits per heavy atom. The topological polar surface area (TPSA) is 102 Å². The maximum absolute atomic E-state index is 13.4. The molecular formula is C29H36F3N5O2. The molecule has 1 spiro atoms. The number of alkyl halides is 3. The van der Waals surface area contributed by atoms with Gasteiger partial charge in [-0.15, -0.1) is 0 Å². The molecule has 1 amide bonds. The van der Waals surface area contributed by atoms with Crippen LogP contribution in [-0.4, -0.2) is 46.7 Å². The zero-order valence-corrected chi connectivity index (χ0v) is 22.5. The quantitative estimate of drug-likeness (QED) is 0.350. The number of aromatic amines is 1. The standard InChI is InChI=1S/C29H36F3N5O2/c1-3-21(38)7-5-4-6-8-23(35-27(39)22-17-28(22)13-15-37(2)16-14-28)25-24(18-33)34-26(36-25)19-9-11-20(12-10-19)29(30,31)32/h9-12,22-23H,3-8,13-17H2,1-2H3,(H,34,36)(H,35,39)/t22-,23+/m1/s1. The zero-order chi connectivity index (χ0) is 28.2. The molecule has 0 unspecified atom stereocenters. The van der Waals surface area contributed by atoms with E-state index < -0.39 is 17.8 Å². The molecule has 10 heteroatoms. The first-order valence-electron chi connectivity index (χ1n) is 13.7. The fourth-order valence-electron chi connectivity index (χ4n) is 5.60. The van der Waals surface area contributed by atoms with Gasteiger partial charge in [-0.25, -0.2) is 4.98 Å². The number of nitrogens with one attached hydrogen (secondary N) is 2. The van der Waals surface area contributed by atoms with Crippen molar-refractivity contribution in [2.24, 2.45) is 11.3 Å². The number of amides is 1. The van der Waals surface area contributed by atoms with Crippen molar-refractivity contribution in [2.45, 2.75) is 76.9 Å². The maximum atomic E-state index is 13.4. The number of unbranched alkanes of at least 4 members (excludes halogenated alkanes) is 2. The van der Waals surface area contributed by atoms with Gasteiger partial charge in [0, 0.05) is 24.3 Å². The molecule has 210 valence electrons. The number of carbonyl (C=O) groups is 2. The summed E-state index contributed by atoms with van der Waals surface area (Å²) >= 11 is 0. The molecule has 0 bridgehead atoms. The number of Topliss-reactive ketones (excluding diaryl/α,β-unsaturated/α-hetero) is 1. The minimum atomic E-state index is -4.45. The van der Waals surface area contributed by atoms with E-state index in [1.807, 2.05) is 6.92 Å². The van der Waals surface area contributed by atoms with E-state index in [1.165, 1.54) is 12.1 Å². The second-order valence-electron chi connectivity index (χ2n) is 11.0. The predicted octanol–water partition coefficient (Wildman–Crippen LogP) is 5.79. The summed E-state index contributed by atoms with van der Waals surface area (Å²) in [6.07, 6.45) is 2.30. The fourth-order valence-corrected chi connectivity index (χ4v) is 5.60. The third-order valence-electron chi connectivity index (χ3n) is 8.32. The summed E-state index contributed by atoms with van der Waals surface area (Å²) in [5.74, 6) is 0.416. The molecule has 2 N–H and O–H groups in total. The lowest BCUT2D eigenvalue weighted by molar-refractivity contribution is -0.137. The van der Waals surface area contributed by atoms with Gasteiger partial charge in [-0.05, 0) is 69.8 Å². The van der Waals surface area contributed by atoms with E-state index in [1.54, 1.807) is 0 Å². The molecule has 2 heterocycles. The van der Waals surface area contributed by atoms with E-state index in [-0.39, 0.29) is 34.5 Å². The van der Waals surface area contributed by atoms with Crippen LogP contribution in [0.15, 0.2) is 24.3 Å². The highest BCUT2D eigenvalue weighted by Gasteiger charge is 2.58. The van der Waals surface area contributed by atoms with Crippen molar-refractivity contribution in [1.29, 1.82) is 5.26 Å². The average molecular weight is 544 g/mol. The molecule has 2 aromatic rings. The van der Waals surface area contributed by atoms with E-state index in [0.29, 0.717) is 30.5 Å². The lowest BCUT2D eigenvalue weighted by atomic mass is 9.90. The molecular weight excluding hydrogens is 507 g/mol. The smallest absolute Gasteiger partial charge is 0.347 e. The molecule has 2 atom stereocenters. The number of nitrogens with zero attached hydrogens (tertiary/aromatic N) is 3. The molecule has 1 aliphatic heterocycles. The van der Waals surface area contributed by atoms with Crippen LogP contribution in [0, 0.1) is 22.7 Å². The predicted molar refractivity (Wildman–Crippen MR) is 140 cm³/mol. The number of hydrogen-bond acceptors (Lipinski definition) is 5. The Kier molecular flexibility index (Phi) is 8.80. The van der Waals surface area contributed by atoms with Crippen molar-refractivity contribution in [3.63, 3.8) is 0 Å². The molecule has 2 aliphatic rings. The van der Waals surface area contributed by atoms with E-state index in [0.717, 1.165) is 63.7 Å². The third kappa shape index (κ3) is 6.88. The highest BCUT2D eigenvalue weighted by atomic mass is 19.4. The lowest BCUT2D eigenvalue weighted by Crippen LogP contribution is -2.36. The summed E-state index contributed by atoms with van der Waals surface area (Å²) in [4.78, 5) is 34.8. The Morgan fingerprint density at radius 3 is 2.51 bits per heavy atom. The fraction of sp³-hybridized carbons (Fsp3) is 0.586. The second-order valence-corrected chi connectivity index (χ2v) is 11.0. The number of benzene rings is 1. The zero-order valence-electron chi connectivity index (χ0n) is 22.5. The SMILES string of the molecule is CCC(=O)CCCCC[C@H](NC(=O)[C@H]1CC12CCN(C)CC2)c1[nH]c(-c2ccc(C(F)(F)F)cc2)nc1C#N. The maximum Gasteiger partial charge on any atom is 0.416 e. The van der Waals surface area contributed by atoms with Crippen molar-refractivity contribution in [1.82, 2.24) is 20.2 Å². The summed E-state index contributed by atoms with van der Waals surface area (Å²) < 4.78 is 39.0. The normalized spacial score (nSPS) is 19.4. The van der Waals surface area contributed by atoms with Crippen molar-refractivity contribution < 1.29 is 22.8 Å². The largest absolute Gasteiger partial charge is 0.416 e. The molecule has 1 aromatic heterocycles. The van der Waals surface area contributed by atoms with Crippen LogP contribution in [0.2, 0.25) is 0 Å². The first-order valence-corrected chi connectivity index (χ1v) is 13.7. The van der Waals surface area contributed by atoms with Gasteiger partial charge in [0.1, 0.15) is 17.7 Å². The number of likely N-dealkylation sites (tertiary alicyclic amines) is 1. The number of nitriles is 1. The molecule has 1 saturated carbocycles. The van der Waals surface area contributed by atoms with Crippen LogP contribution in [0.1, 0.15) is 87.7 Å². The van der Waals surface area contributed by atoms with Gasteiger partial charge in [0.05, 0.1) is 17.3 Å². The number of imidazole rings is 1. The van der Waals surface area contributed by atoms with Crippen LogP contribution in [0.25, 0.3) is 11.4 Å². The van der Waals surface area contributed by atoms with Gasteiger partial charge < -0.3 is 15.2 Å². The van der Waals surface area contributed by atoms with Crippen LogP contribution in [0.5, 0.6) is 0 Å². The Balaban J connectivity index is 1.51. The minimum absolute atomic E-state index is 0.0275. The van der Waals surface area contributed by atoms with Crippen molar-refractivity contribution in [3.8, 4) is 17.5 Å². The van der Waals surface area contributed by atoms with E-state index in [2.05, 4.69) is 33.3 Å². The summed E-state index contributed by atoms with van der Waals surface area (Å²) in [5, 5.41) is 13.0. The van der Waals surface area contributed by atoms with Crippen LogP contribution < -0.4 is 5.32 Å². The first kappa shape index (κ1) is 28.8. The van der Waals surface area contributed by atoms with Gasteiger partial charge in [-0.2, -0.15) is 18.4 Å². The van der Waals surface area contributed by atoms with Gasteiger partial charge in [0.2, 0.25) is 5.91 Å². The summed E-state index contributed by atoms with van der Waals surface area (Å²) in [6.45, 7) is 3.79.